The quantitative estimate of drug-likeness (QED) is 0.498. The lowest BCUT2D eigenvalue weighted by Gasteiger charge is -2.38. The Morgan fingerprint density at radius 1 is 1.13 bits per heavy atom. The minimum Gasteiger partial charge on any atom is -0.508 e. The highest BCUT2D eigenvalue weighted by atomic mass is 16.5. The van der Waals surface area contributed by atoms with Gasteiger partial charge < -0.3 is 14.4 Å². The fourth-order valence-electron chi connectivity index (χ4n) is 4.05. The van der Waals surface area contributed by atoms with Crippen molar-refractivity contribution in [3.05, 3.63) is 54.1 Å². The molecule has 2 aromatic carbocycles. The molecule has 3 aromatic rings. The van der Waals surface area contributed by atoms with E-state index in [4.69, 9.17) is 9.72 Å². The number of hydrogen-bond donors (Lipinski definition) is 1. The molecule has 156 valence electrons. The van der Waals surface area contributed by atoms with Crippen LogP contribution in [0.3, 0.4) is 0 Å². The van der Waals surface area contributed by atoms with E-state index < -0.39 is 17.9 Å². The van der Waals surface area contributed by atoms with Crippen molar-refractivity contribution in [1.29, 1.82) is 0 Å². The normalized spacial score (nSPS) is 18.5. The number of aromatic hydroxyl groups is 1. The van der Waals surface area contributed by atoms with Crippen LogP contribution in [0.25, 0.3) is 11.0 Å². The number of hydrogen-bond acceptors (Lipinski definition) is 5. The molecule has 0 spiro atoms. The van der Waals surface area contributed by atoms with Crippen LogP contribution in [0.4, 0.5) is 5.95 Å². The summed E-state index contributed by atoms with van der Waals surface area (Å²) in [4.78, 5) is 32.9. The molecule has 1 aliphatic heterocycles. The highest BCUT2D eigenvalue weighted by Gasteiger charge is 2.47. The van der Waals surface area contributed by atoms with Crippen LogP contribution in [0.2, 0.25) is 0 Å². The number of para-hydroxylation sites is 2. The maximum absolute atomic E-state index is 13.6. The molecular weight excluding hydrogens is 382 g/mol. The Hall–Kier alpha value is -3.35. The second-order valence-corrected chi connectivity index (χ2v) is 7.38. The first kappa shape index (κ1) is 19.9. The number of benzene rings is 2. The predicted molar refractivity (Wildman–Crippen MR) is 113 cm³/mol. The number of amides is 1. The Labute approximate surface area is 174 Å². The molecule has 0 fully saturated rings. The van der Waals surface area contributed by atoms with Gasteiger partial charge in [-0.1, -0.05) is 37.6 Å². The summed E-state index contributed by atoms with van der Waals surface area (Å²) in [6.07, 6.45) is 1.71. The first-order valence-corrected chi connectivity index (χ1v) is 10.3. The van der Waals surface area contributed by atoms with E-state index in [1.165, 1.54) is 0 Å². The number of esters is 1. The summed E-state index contributed by atoms with van der Waals surface area (Å²) in [5, 5.41) is 9.75. The molecule has 2 heterocycles. The monoisotopic (exact) mass is 407 g/mol. The summed E-state index contributed by atoms with van der Waals surface area (Å²) in [6, 6.07) is 13.6. The van der Waals surface area contributed by atoms with Crippen LogP contribution in [0.5, 0.6) is 5.75 Å². The van der Waals surface area contributed by atoms with E-state index in [1.807, 2.05) is 28.8 Å². The summed E-state index contributed by atoms with van der Waals surface area (Å²) in [5.41, 5.74) is 2.34. The Balaban J connectivity index is 1.97. The van der Waals surface area contributed by atoms with Gasteiger partial charge in [0.1, 0.15) is 5.75 Å². The summed E-state index contributed by atoms with van der Waals surface area (Å²) < 4.78 is 7.27. The third kappa shape index (κ3) is 3.30. The lowest BCUT2D eigenvalue weighted by atomic mass is 9.89. The van der Waals surface area contributed by atoms with Gasteiger partial charge in [-0.05, 0) is 43.2 Å². The van der Waals surface area contributed by atoms with Crippen molar-refractivity contribution in [3.63, 3.8) is 0 Å². The number of imidazole rings is 1. The number of phenols is 1. The zero-order valence-corrected chi connectivity index (χ0v) is 17.1. The number of fused-ring (bicyclic) bond motifs is 3. The molecule has 0 radical (unpaired) electrons. The van der Waals surface area contributed by atoms with Crippen molar-refractivity contribution in [2.24, 2.45) is 5.92 Å². The summed E-state index contributed by atoms with van der Waals surface area (Å²) in [7, 11) is 0. The molecule has 0 aliphatic carbocycles. The molecule has 1 amide bonds. The number of carbonyl (C=O) groups excluding carboxylic acids is 2. The van der Waals surface area contributed by atoms with E-state index >= 15 is 0 Å². The van der Waals surface area contributed by atoms with E-state index in [-0.39, 0.29) is 18.3 Å². The van der Waals surface area contributed by atoms with Crippen molar-refractivity contribution in [1.82, 2.24) is 9.55 Å². The van der Waals surface area contributed by atoms with Crippen molar-refractivity contribution in [2.75, 3.05) is 18.1 Å². The van der Waals surface area contributed by atoms with E-state index in [2.05, 4.69) is 6.92 Å². The SMILES string of the molecule is CCCCN1C(=O)[C@@H](C(=O)OCC)[C@H](c2ccc(O)cc2)n2c1nc1ccccc12. The fraction of sp³-hybridized carbons (Fsp3) is 0.348. The lowest BCUT2D eigenvalue weighted by Crippen LogP contribution is -2.50. The van der Waals surface area contributed by atoms with Gasteiger partial charge in [-0.25, -0.2) is 4.98 Å². The largest absolute Gasteiger partial charge is 0.508 e. The topological polar surface area (TPSA) is 84.7 Å². The van der Waals surface area contributed by atoms with Crippen LogP contribution in [-0.2, 0) is 14.3 Å². The van der Waals surface area contributed by atoms with Crippen LogP contribution >= 0.6 is 0 Å². The zero-order chi connectivity index (χ0) is 21.3. The van der Waals surface area contributed by atoms with Crippen molar-refractivity contribution < 1.29 is 19.4 Å². The maximum atomic E-state index is 13.6. The fourth-order valence-corrected chi connectivity index (χ4v) is 4.05. The molecule has 30 heavy (non-hydrogen) atoms. The van der Waals surface area contributed by atoms with E-state index in [1.54, 1.807) is 36.1 Å². The van der Waals surface area contributed by atoms with Crippen LogP contribution in [-0.4, -0.2) is 39.7 Å². The maximum Gasteiger partial charge on any atom is 0.321 e. The number of aromatic nitrogens is 2. The molecule has 1 aliphatic rings. The number of unbranched alkanes of at least 4 members (excludes halogenated alkanes) is 1. The Kier molecular flexibility index (Phi) is 5.44. The third-order valence-electron chi connectivity index (χ3n) is 5.46. The minimum absolute atomic E-state index is 0.119. The molecule has 1 N–H and O–H groups in total. The van der Waals surface area contributed by atoms with E-state index in [9.17, 15) is 14.7 Å². The molecule has 2 atom stereocenters. The number of nitrogens with zero attached hydrogens (tertiary/aromatic N) is 3. The molecular formula is C23H25N3O4. The van der Waals surface area contributed by atoms with Gasteiger partial charge >= 0.3 is 5.97 Å². The minimum atomic E-state index is -1.03. The van der Waals surface area contributed by atoms with Crippen molar-refractivity contribution in [3.8, 4) is 5.75 Å². The Morgan fingerprint density at radius 3 is 2.57 bits per heavy atom. The van der Waals surface area contributed by atoms with Crippen molar-refractivity contribution in [2.45, 2.75) is 32.7 Å². The third-order valence-corrected chi connectivity index (χ3v) is 5.46. The Morgan fingerprint density at radius 2 is 1.87 bits per heavy atom. The van der Waals surface area contributed by atoms with E-state index in [0.717, 1.165) is 29.4 Å². The van der Waals surface area contributed by atoms with Gasteiger partial charge in [0.25, 0.3) is 0 Å². The molecule has 0 bridgehead atoms. The average Bonchev–Trinajstić information content (AvgIpc) is 3.12. The van der Waals surface area contributed by atoms with Crippen LogP contribution in [0, 0.1) is 5.92 Å². The molecule has 0 saturated heterocycles. The average molecular weight is 407 g/mol. The number of phenolic OH excluding ortho intramolecular Hbond substituents is 1. The number of anilines is 1. The van der Waals surface area contributed by atoms with Crippen molar-refractivity contribution >= 4 is 28.9 Å². The highest BCUT2D eigenvalue weighted by Crippen LogP contribution is 2.41. The van der Waals surface area contributed by atoms with Crippen LogP contribution < -0.4 is 4.90 Å². The first-order chi connectivity index (χ1) is 14.6. The molecule has 0 saturated carbocycles. The van der Waals surface area contributed by atoms with Gasteiger partial charge in [-0.3, -0.25) is 14.5 Å². The number of rotatable bonds is 6. The summed E-state index contributed by atoms with van der Waals surface area (Å²) in [6.45, 7) is 4.46. The predicted octanol–water partition coefficient (Wildman–Crippen LogP) is 3.66. The van der Waals surface area contributed by atoms with Gasteiger partial charge in [-0.2, -0.15) is 0 Å². The zero-order valence-electron chi connectivity index (χ0n) is 17.1. The Bertz CT molecular complexity index is 1070. The van der Waals surface area contributed by atoms with Gasteiger partial charge in [-0.15, -0.1) is 0 Å². The van der Waals surface area contributed by atoms with Crippen LogP contribution in [0.1, 0.15) is 38.3 Å². The molecule has 7 heteroatoms. The smallest absolute Gasteiger partial charge is 0.321 e. The number of ether oxygens (including phenoxy) is 1. The first-order valence-electron chi connectivity index (χ1n) is 10.3. The summed E-state index contributed by atoms with van der Waals surface area (Å²) >= 11 is 0. The molecule has 7 nitrogen and oxygen atoms in total. The lowest BCUT2D eigenvalue weighted by molar-refractivity contribution is -0.153. The second-order valence-electron chi connectivity index (χ2n) is 7.38. The van der Waals surface area contributed by atoms with Gasteiger partial charge in [0, 0.05) is 6.54 Å². The summed E-state index contributed by atoms with van der Waals surface area (Å²) in [5.74, 6) is -1.23. The highest BCUT2D eigenvalue weighted by molar-refractivity contribution is 6.08. The van der Waals surface area contributed by atoms with Gasteiger partial charge in [0.15, 0.2) is 5.92 Å². The number of carbonyl (C=O) groups is 2. The molecule has 0 unspecified atom stereocenters. The van der Waals surface area contributed by atoms with Gasteiger partial charge in [0.05, 0.1) is 23.7 Å². The molecule has 1 aromatic heterocycles. The standard InChI is InChI=1S/C23H25N3O4/c1-3-5-14-25-21(28)19(22(29)30-4-2)20(15-10-12-16(27)13-11-15)26-18-9-7-6-8-17(18)24-23(25)26/h6-13,19-20,27H,3-5,14H2,1-2H3/t19-,20-/m0/s1. The van der Waals surface area contributed by atoms with E-state index in [0.29, 0.717) is 12.5 Å². The molecule has 4 rings (SSSR count). The second kappa shape index (κ2) is 8.18. The van der Waals surface area contributed by atoms with Crippen LogP contribution in [0.15, 0.2) is 48.5 Å². The van der Waals surface area contributed by atoms with Gasteiger partial charge in [0.2, 0.25) is 11.9 Å².